The molecule has 2 heteroatoms. The number of hydrogen-bond donors (Lipinski definition) is 1. The zero-order valence-corrected chi connectivity index (χ0v) is 12.5. The Kier molecular flexibility index (Phi) is 5.41. The van der Waals surface area contributed by atoms with E-state index in [2.05, 4.69) is 50.5 Å². The van der Waals surface area contributed by atoms with Crippen molar-refractivity contribution in [2.24, 2.45) is 5.92 Å². The maximum absolute atomic E-state index is 5.84. The van der Waals surface area contributed by atoms with E-state index in [0.29, 0.717) is 18.1 Å². The number of ether oxygens (including phenoxy) is 1. The van der Waals surface area contributed by atoms with Gasteiger partial charge in [0.1, 0.15) is 0 Å². The molecule has 106 valence electrons. The molecule has 1 aromatic carbocycles. The number of nitrogens with one attached hydrogen (secondary N) is 1. The molecule has 3 atom stereocenters. The van der Waals surface area contributed by atoms with Gasteiger partial charge in [-0.1, -0.05) is 44.5 Å². The molecule has 0 aromatic heterocycles. The second-order valence-corrected chi connectivity index (χ2v) is 5.53. The Balaban J connectivity index is 2.12. The van der Waals surface area contributed by atoms with Crippen LogP contribution in [-0.2, 0) is 11.2 Å². The molecule has 1 aromatic rings. The molecule has 0 amide bonds. The first-order valence-corrected chi connectivity index (χ1v) is 7.67. The summed E-state index contributed by atoms with van der Waals surface area (Å²) in [6.07, 6.45) is 5.07. The van der Waals surface area contributed by atoms with Crippen molar-refractivity contribution >= 4 is 0 Å². The molecule has 19 heavy (non-hydrogen) atoms. The van der Waals surface area contributed by atoms with Gasteiger partial charge in [0, 0.05) is 18.6 Å². The number of rotatable bonds is 6. The highest BCUT2D eigenvalue weighted by Crippen LogP contribution is 2.34. The van der Waals surface area contributed by atoms with Crippen molar-refractivity contribution in [3.63, 3.8) is 0 Å². The predicted molar refractivity (Wildman–Crippen MR) is 80.4 cm³/mol. The van der Waals surface area contributed by atoms with Crippen LogP contribution >= 0.6 is 0 Å². The van der Waals surface area contributed by atoms with Crippen molar-refractivity contribution < 1.29 is 4.74 Å². The van der Waals surface area contributed by atoms with Crippen LogP contribution in [0.1, 0.15) is 50.3 Å². The number of aryl methyl sites for hydroxylation is 1. The van der Waals surface area contributed by atoms with E-state index in [4.69, 9.17) is 4.74 Å². The lowest BCUT2D eigenvalue weighted by Gasteiger charge is -2.27. The summed E-state index contributed by atoms with van der Waals surface area (Å²) in [6.45, 7) is 5.36. The fourth-order valence-corrected chi connectivity index (χ4v) is 3.28. The van der Waals surface area contributed by atoms with Gasteiger partial charge in [-0.15, -0.1) is 0 Å². The number of benzene rings is 1. The highest BCUT2D eigenvalue weighted by Gasteiger charge is 2.33. The first-order valence-electron chi connectivity index (χ1n) is 7.67. The van der Waals surface area contributed by atoms with Gasteiger partial charge in [0.15, 0.2) is 0 Å². The lowest BCUT2D eigenvalue weighted by Crippen LogP contribution is -2.30. The molecule has 0 aliphatic carbocycles. The molecular formula is C17H27NO. The van der Waals surface area contributed by atoms with Crippen LogP contribution in [0.5, 0.6) is 0 Å². The van der Waals surface area contributed by atoms with Gasteiger partial charge >= 0.3 is 0 Å². The minimum atomic E-state index is 0.410. The van der Waals surface area contributed by atoms with Gasteiger partial charge < -0.3 is 10.1 Å². The fraction of sp³-hybridized carbons (Fsp3) is 0.647. The van der Waals surface area contributed by atoms with Crippen LogP contribution in [0.4, 0.5) is 0 Å². The molecule has 0 radical (unpaired) electrons. The number of hydrogen-bond acceptors (Lipinski definition) is 2. The van der Waals surface area contributed by atoms with Crippen LogP contribution in [-0.4, -0.2) is 19.8 Å². The molecule has 0 bridgehead atoms. The minimum Gasteiger partial charge on any atom is -0.378 e. The zero-order chi connectivity index (χ0) is 13.7. The van der Waals surface area contributed by atoms with Gasteiger partial charge in [-0.3, -0.25) is 0 Å². The third kappa shape index (κ3) is 3.37. The third-order valence-corrected chi connectivity index (χ3v) is 4.28. The summed E-state index contributed by atoms with van der Waals surface area (Å²) in [6, 6.07) is 9.55. The molecule has 1 aliphatic heterocycles. The van der Waals surface area contributed by atoms with Crippen LogP contribution in [0.15, 0.2) is 24.3 Å². The Bertz CT molecular complexity index is 373. The largest absolute Gasteiger partial charge is 0.378 e. The average molecular weight is 261 g/mol. The summed E-state index contributed by atoms with van der Waals surface area (Å²) in [7, 11) is 2.07. The van der Waals surface area contributed by atoms with Crippen LogP contribution in [0.25, 0.3) is 0 Å². The normalized spacial score (nSPS) is 24.6. The molecule has 0 spiro atoms. The first kappa shape index (κ1) is 14.5. The second-order valence-electron chi connectivity index (χ2n) is 5.53. The predicted octanol–water partition coefficient (Wildman–Crippen LogP) is 3.71. The Labute approximate surface area is 117 Å². The van der Waals surface area contributed by atoms with Gasteiger partial charge in [0.25, 0.3) is 0 Å². The lowest BCUT2D eigenvalue weighted by atomic mass is 9.86. The molecule has 1 saturated heterocycles. The Morgan fingerprint density at radius 2 is 2.00 bits per heavy atom. The summed E-state index contributed by atoms with van der Waals surface area (Å²) < 4.78 is 5.84. The minimum absolute atomic E-state index is 0.410. The average Bonchev–Trinajstić information content (AvgIpc) is 2.90. The highest BCUT2D eigenvalue weighted by molar-refractivity contribution is 5.26. The highest BCUT2D eigenvalue weighted by atomic mass is 16.5. The van der Waals surface area contributed by atoms with Crippen molar-refractivity contribution in [1.29, 1.82) is 0 Å². The monoisotopic (exact) mass is 261 g/mol. The summed E-state index contributed by atoms with van der Waals surface area (Å²) in [4.78, 5) is 0. The quantitative estimate of drug-likeness (QED) is 0.843. The van der Waals surface area contributed by atoms with Gasteiger partial charge in [0.2, 0.25) is 0 Å². The van der Waals surface area contributed by atoms with Crippen molar-refractivity contribution in [2.75, 3.05) is 13.7 Å². The van der Waals surface area contributed by atoms with Gasteiger partial charge in [-0.05, 0) is 37.4 Å². The SMILES string of the molecule is CCCc1ccc(C(NC)C2CCOC2CC)cc1. The first-order chi connectivity index (χ1) is 9.30. The van der Waals surface area contributed by atoms with Gasteiger partial charge in [-0.25, -0.2) is 0 Å². The van der Waals surface area contributed by atoms with Crippen LogP contribution < -0.4 is 5.32 Å². The summed E-state index contributed by atoms with van der Waals surface area (Å²) >= 11 is 0. The van der Waals surface area contributed by atoms with Crippen LogP contribution in [0, 0.1) is 5.92 Å². The smallest absolute Gasteiger partial charge is 0.0619 e. The van der Waals surface area contributed by atoms with Crippen molar-refractivity contribution in [3.05, 3.63) is 35.4 Å². The molecule has 3 unspecified atom stereocenters. The van der Waals surface area contributed by atoms with Crippen LogP contribution in [0.2, 0.25) is 0 Å². The van der Waals surface area contributed by atoms with Gasteiger partial charge in [-0.2, -0.15) is 0 Å². The molecule has 0 saturated carbocycles. The molecular weight excluding hydrogens is 234 g/mol. The Hall–Kier alpha value is -0.860. The van der Waals surface area contributed by atoms with E-state index < -0.39 is 0 Å². The Morgan fingerprint density at radius 1 is 1.26 bits per heavy atom. The summed E-state index contributed by atoms with van der Waals surface area (Å²) in [5.74, 6) is 0.604. The van der Waals surface area contributed by atoms with E-state index in [1.54, 1.807) is 0 Å². The summed E-state index contributed by atoms with van der Waals surface area (Å²) in [5.41, 5.74) is 2.84. The fourth-order valence-electron chi connectivity index (χ4n) is 3.28. The van der Waals surface area contributed by atoms with E-state index in [1.807, 2.05) is 0 Å². The van der Waals surface area contributed by atoms with E-state index in [-0.39, 0.29) is 0 Å². The molecule has 1 N–H and O–H groups in total. The van der Waals surface area contributed by atoms with Crippen molar-refractivity contribution in [1.82, 2.24) is 5.32 Å². The standard InChI is InChI=1S/C17H27NO/c1-4-6-13-7-9-14(10-8-13)17(18-3)15-11-12-19-16(15)5-2/h7-10,15-18H,4-6,11-12H2,1-3H3. The maximum Gasteiger partial charge on any atom is 0.0619 e. The lowest BCUT2D eigenvalue weighted by molar-refractivity contribution is 0.0782. The third-order valence-electron chi connectivity index (χ3n) is 4.28. The van der Waals surface area contributed by atoms with E-state index in [1.165, 1.54) is 30.4 Å². The maximum atomic E-state index is 5.84. The molecule has 1 fully saturated rings. The van der Waals surface area contributed by atoms with Gasteiger partial charge in [0.05, 0.1) is 6.10 Å². The topological polar surface area (TPSA) is 21.3 Å². The van der Waals surface area contributed by atoms with E-state index in [9.17, 15) is 0 Å². The van der Waals surface area contributed by atoms with Crippen molar-refractivity contribution in [3.8, 4) is 0 Å². The van der Waals surface area contributed by atoms with E-state index >= 15 is 0 Å². The molecule has 1 heterocycles. The zero-order valence-electron chi connectivity index (χ0n) is 12.5. The van der Waals surface area contributed by atoms with Crippen LogP contribution in [0.3, 0.4) is 0 Å². The van der Waals surface area contributed by atoms with Crippen molar-refractivity contribution in [2.45, 2.75) is 51.7 Å². The molecule has 2 rings (SSSR count). The Morgan fingerprint density at radius 3 is 2.58 bits per heavy atom. The van der Waals surface area contributed by atoms with E-state index in [0.717, 1.165) is 13.0 Å². The summed E-state index contributed by atoms with van der Waals surface area (Å²) in [5, 5.41) is 3.50. The molecule has 1 aliphatic rings. The second kappa shape index (κ2) is 7.06. The molecule has 2 nitrogen and oxygen atoms in total.